The van der Waals surface area contributed by atoms with Crippen LogP contribution in [-0.4, -0.2) is 62.3 Å². The summed E-state index contributed by atoms with van der Waals surface area (Å²) in [5.74, 6) is 3.79. The summed E-state index contributed by atoms with van der Waals surface area (Å²) in [6.45, 7) is 10.6. The number of rotatable bonds is 8. The average Bonchev–Trinajstić information content (AvgIpc) is 3.17. The third kappa shape index (κ3) is 5.88. The van der Waals surface area contributed by atoms with E-state index in [0.717, 1.165) is 78.7 Å². The molecule has 0 unspecified atom stereocenters. The third-order valence-electron chi connectivity index (χ3n) is 5.62. The predicted octanol–water partition coefficient (Wildman–Crippen LogP) is 4.45. The first-order chi connectivity index (χ1) is 15.8. The van der Waals surface area contributed by atoms with Crippen LogP contribution >= 0.6 is 11.8 Å². The van der Waals surface area contributed by atoms with Crippen molar-refractivity contribution in [2.45, 2.75) is 59.0 Å². The number of carbonyl (C=O) groups is 1. The van der Waals surface area contributed by atoms with Gasteiger partial charge in [0.1, 0.15) is 11.4 Å². The van der Waals surface area contributed by atoms with Gasteiger partial charge < -0.3 is 15.0 Å². The zero-order chi connectivity index (χ0) is 23.4. The fourth-order valence-electron chi connectivity index (χ4n) is 4.07. The van der Waals surface area contributed by atoms with Gasteiger partial charge in [0.05, 0.1) is 11.0 Å². The molecule has 4 rings (SSSR count). The lowest BCUT2D eigenvalue weighted by molar-refractivity contribution is -0.154. The Hall–Kier alpha value is -2.55. The van der Waals surface area contributed by atoms with Crippen molar-refractivity contribution in [3.8, 4) is 0 Å². The van der Waals surface area contributed by atoms with Gasteiger partial charge in [-0.1, -0.05) is 6.42 Å². The number of esters is 1. The van der Waals surface area contributed by atoms with Gasteiger partial charge in [0, 0.05) is 43.2 Å². The Morgan fingerprint density at radius 3 is 2.70 bits per heavy atom. The van der Waals surface area contributed by atoms with Gasteiger partial charge in [0.25, 0.3) is 0 Å². The van der Waals surface area contributed by atoms with Crippen molar-refractivity contribution < 1.29 is 9.53 Å². The van der Waals surface area contributed by atoms with E-state index >= 15 is 0 Å². The van der Waals surface area contributed by atoms with E-state index in [2.05, 4.69) is 43.0 Å². The molecule has 1 N–H and O–H groups in total. The molecule has 178 valence electrons. The monoisotopic (exact) mass is 470 g/mol. The first-order valence-corrected chi connectivity index (χ1v) is 12.9. The number of nitrogens with one attached hydrogen (secondary N) is 1. The normalized spacial score (nSPS) is 14.7. The first-order valence-electron chi connectivity index (χ1n) is 11.8. The Bertz CT molecular complexity index is 1120. The maximum Gasteiger partial charge on any atom is 0.306 e. The first kappa shape index (κ1) is 23.6. The van der Waals surface area contributed by atoms with Crippen molar-refractivity contribution in [2.75, 3.05) is 41.4 Å². The molecule has 1 aliphatic heterocycles. The highest BCUT2D eigenvalue weighted by Gasteiger charge is 2.17. The van der Waals surface area contributed by atoms with Gasteiger partial charge in [0.2, 0.25) is 5.65 Å². The zero-order valence-electron chi connectivity index (χ0n) is 20.1. The summed E-state index contributed by atoms with van der Waals surface area (Å²) in [7, 11) is 0. The molecule has 1 saturated heterocycles. The SMILES string of the molecule is Cc1nnc2c(NCCCCCC(=O)OC(C)(C)C)nc3cc(N4CCSCC4)ccc3n12. The number of ether oxygens (including phenoxy) is 1. The van der Waals surface area contributed by atoms with E-state index in [1.807, 2.05) is 39.5 Å². The van der Waals surface area contributed by atoms with E-state index in [1.54, 1.807) is 0 Å². The molecule has 1 fully saturated rings. The second-order valence-corrected chi connectivity index (χ2v) is 10.7. The summed E-state index contributed by atoms with van der Waals surface area (Å²) in [4.78, 5) is 19.2. The Balaban J connectivity index is 1.42. The summed E-state index contributed by atoms with van der Waals surface area (Å²) in [6, 6.07) is 6.48. The Morgan fingerprint density at radius 2 is 1.94 bits per heavy atom. The number of aromatic nitrogens is 4. The predicted molar refractivity (Wildman–Crippen MR) is 135 cm³/mol. The fourth-order valence-corrected chi connectivity index (χ4v) is 4.98. The van der Waals surface area contributed by atoms with Crippen molar-refractivity contribution in [2.24, 2.45) is 0 Å². The van der Waals surface area contributed by atoms with E-state index in [0.29, 0.717) is 6.42 Å². The Kier molecular flexibility index (Phi) is 7.26. The van der Waals surface area contributed by atoms with Crippen molar-refractivity contribution in [1.29, 1.82) is 0 Å². The van der Waals surface area contributed by atoms with Crippen LogP contribution in [-0.2, 0) is 9.53 Å². The van der Waals surface area contributed by atoms with Crippen molar-refractivity contribution in [1.82, 2.24) is 19.6 Å². The molecule has 8 nitrogen and oxygen atoms in total. The fraction of sp³-hybridized carbons (Fsp3) is 0.583. The van der Waals surface area contributed by atoms with Gasteiger partial charge in [-0.2, -0.15) is 11.8 Å². The third-order valence-corrected chi connectivity index (χ3v) is 6.56. The second kappa shape index (κ2) is 10.2. The van der Waals surface area contributed by atoms with E-state index in [4.69, 9.17) is 9.72 Å². The summed E-state index contributed by atoms with van der Waals surface area (Å²) >= 11 is 2.01. The number of benzene rings is 1. The molecule has 3 aromatic rings. The molecule has 0 radical (unpaired) electrons. The van der Waals surface area contributed by atoms with E-state index < -0.39 is 5.60 Å². The van der Waals surface area contributed by atoms with Gasteiger partial charge in [-0.3, -0.25) is 9.20 Å². The largest absolute Gasteiger partial charge is 0.460 e. The van der Waals surface area contributed by atoms with Crippen LogP contribution in [0.1, 0.15) is 52.3 Å². The molecule has 0 bridgehead atoms. The lowest BCUT2D eigenvalue weighted by atomic mass is 10.1. The molecule has 0 saturated carbocycles. The number of carbonyl (C=O) groups excluding carboxylic acids is 1. The average molecular weight is 471 g/mol. The quantitative estimate of drug-likeness (QED) is 0.382. The molecule has 0 aliphatic carbocycles. The molecule has 9 heteroatoms. The van der Waals surface area contributed by atoms with Crippen LogP contribution in [0.25, 0.3) is 16.7 Å². The number of thioether (sulfide) groups is 1. The highest BCUT2D eigenvalue weighted by Crippen LogP contribution is 2.27. The smallest absolute Gasteiger partial charge is 0.306 e. The molecule has 2 aromatic heterocycles. The van der Waals surface area contributed by atoms with Gasteiger partial charge >= 0.3 is 5.97 Å². The number of aryl methyl sites for hydroxylation is 1. The number of nitrogens with zero attached hydrogens (tertiary/aromatic N) is 5. The lowest BCUT2D eigenvalue weighted by Crippen LogP contribution is -2.32. The maximum atomic E-state index is 11.9. The van der Waals surface area contributed by atoms with Gasteiger partial charge in [0.15, 0.2) is 5.82 Å². The summed E-state index contributed by atoms with van der Waals surface area (Å²) in [6.07, 6.45) is 3.15. The van der Waals surface area contributed by atoms with Crippen molar-refractivity contribution >= 4 is 45.9 Å². The summed E-state index contributed by atoms with van der Waals surface area (Å²) in [5.41, 5.74) is 3.50. The molecule has 33 heavy (non-hydrogen) atoms. The minimum absolute atomic E-state index is 0.129. The van der Waals surface area contributed by atoms with E-state index in [1.165, 1.54) is 5.69 Å². The molecular formula is C24H34N6O2S. The molecule has 0 amide bonds. The van der Waals surface area contributed by atoms with Crippen LogP contribution in [0, 0.1) is 6.92 Å². The van der Waals surface area contributed by atoms with E-state index in [-0.39, 0.29) is 5.97 Å². The number of unbranched alkanes of at least 4 members (excludes halogenated alkanes) is 2. The lowest BCUT2D eigenvalue weighted by Gasteiger charge is -2.28. The topological polar surface area (TPSA) is 84.6 Å². The van der Waals surface area contributed by atoms with Crippen LogP contribution < -0.4 is 10.2 Å². The number of hydrogen-bond donors (Lipinski definition) is 1. The Labute approximate surface area is 199 Å². The van der Waals surface area contributed by atoms with Crippen LogP contribution in [0.4, 0.5) is 11.5 Å². The summed E-state index contributed by atoms with van der Waals surface area (Å²) < 4.78 is 7.44. The molecule has 3 heterocycles. The standard InChI is InChI=1S/C24H34N6O2S/c1-17-27-28-23-22(25-11-7-5-6-8-21(31)32-24(2,3)4)26-19-16-18(9-10-20(19)30(17)23)29-12-14-33-15-13-29/h9-10,16H,5-8,11-15H2,1-4H3,(H,25,26). The highest BCUT2D eigenvalue weighted by atomic mass is 32.2. The van der Waals surface area contributed by atoms with E-state index in [9.17, 15) is 4.79 Å². The second-order valence-electron chi connectivity index (χ2n) is 9.46. The number of hydrogen-bond acceptors (Lipinski definition) is 8. The molecule has 1 aliphatic rings. The van der Waals surface area contributed by atoms with Crippen molar-refractivity contribution in [3.05, 3.63) is 24.0 Å². The van der Waals surface area contributed by atoms with Gasteiger partial charge in [-0.05, 0) is 58.7 Å². The maximum absolute atomic E-state index is 11.9. The molecular weight excluding hydrogens is 436 g/mol. The van der Waals surface area contributed by atoms with Gasteiger partial charge in [-0.25, -0.2) is 4.98 Å². The highest BCUT2D eigenvalue weighted by molar-refractivity contribution is 7.99. The zero-order valence-corrected chi connectivity index (χ0v) is 20.9. The van der Waals surface area contributed by atoms with Crippen molar-refractivity contribution in [3.63, 3.8) is 0 Å². The molecule has 0 spiro atoms. The van der Waals surface area contributed by atoms with Gasteiger partial charge in [-0.15, -0.1) is 10.2 Å². The molecule has 0 atom stereocenters. The van der Waals surface area contributed by atoms with Crippen LogP contribution in [0.2, 0.25) is 0 Å². The minimum Gasteiger partial charge on any atom is -0.460 e. The van der Waals surface area contributed by atoms with Crippen LogP contribution in [0.15, 0.2) is 18.2 Å². The van der Waals surface area contributed by atoms with Crippen LogP contribution in [0.5, 0.6) is 0 Å². The van der Waals surface area contributed by atoms with Crippen LogP contribution in [0.3, 0.4) is 0 Å². The Morgan fingerprint density at radius 1 is 1.15 bits per heavy atom. The number of anilines is 2. The summed E-state index contributed by atoms with van der Waals surface area (Å²) in [5, 5.41) is 12.1. The molecule has 1 aromatic carbocycles. The number of fused-ring (bicyclic) bond motifs is 3. The minimum atomic E-state index is -0.422.